The summed E-state index contributed by atoms with van der Waals surface area (Å²) in [5, 5.41) is 2.22. The average molecular weight is 234 g/mol. The van der Waals surface area contributed by atoms with Crippen LogP contribution in [-0.2, 0) is 14.6 Å². The highest BCUT2D eigenvalue weighted by atomic mass is 32.2. The summed E-state index contributed by atoms with van der Waals surface area (Å²) in [6, 6.07) is 0.0652. The normalized spacial score (nSPS) is 25.0. The highest BCUT2D eigenvalue weighted by Gasteiger charge is 2.31. The van der Waals surface area contributed by atoms with Crippen molar-refractivity contribution in [2.45, 2.75) is 25.1 Å². The highest BCUT2D eigenvalue weighted by Crippen LogP contribution is 2.09. The van der Waals surface area contributed by atoms with Crippen molar-refractivity contribution in [1.82, 2.24) is 10.2 Å². The Morgan fingerprint density at radius 2 is 2.13 bits per heavy atom. The van der Waals surface area contributed by atoms with E-state index >= 15 is 0 Å². The monoisotopic (exact) mass is 234 g/mol. The number of carbonyl (C=O) groups is 1. The van der Waals surface area contributed by atoms with Crippen LogP contribution in [0.15, 0.2) is 0 Å². The molecule has 88 valence electrons. The Balaban J connectivity index is 2.75. The lowest BCUT2D eigenvalue weighted by Crippen LogP contribution is -2.55. The van der Waals surface area contributed by atoms with Crippen LogP contribution in [-0.4, -0.2) is 56.4 Å². The fourth-order valence-electron chi connectivity index (χ4n) is 1.59. The van der Waals surface area contributed by atoms with Gasteiger partial charge >= 0.3 is 0 Å². The Bertz CT molecular complexity index is 339. The van der Waals surface area contributed by atoms with Crippen LogP contribution in [0.3, 0.4) is 0 Å². The van der Waals surface area contributed by atoms with Gasteiger partial charge in [-0.15, -0.1) is 0 Å². The van der Waals surface area contributed by atoms with E-state index in [1.54, 1.807) is 4.90 Å². The maximum absolute atomic E-state index is 11.9. The van der Waals surface area contributed by atoms with E-state index in [1.165, 1.54) is 6.92 Å². The molecule has 5 nitrogen and oxygen atoms in total. The Kier molecular flexibility index (Phi) is 3.72. The summed E-state index contributed by atoms with van der Waals surface area (Å²) in [5.74, 6) is -0.286. The second kappa shape index (κ2) is 4.49. The van der Waals surface area contributed by atoms with Crippen molar-refractivity contribution < 1.29 is 13.2 Å². The van der Waals surface area contributed by atoms with Crippen LogP contribution in [0.1, 0.15) is 13.8 Å². The molecule has 0 aromatic carbocycles. The SMILES string of the molecule is CC1CNCCN1C(=O)C(C)S(C)(=O)=O. The van der Waals surface area contributed by atoms with E-state index in [2.05, 4.69) is 5.32 Å². The molecule has 6 heteroatoms. The molecular formula is C9H18N2O3S. The van der Waals surface area contributed by atoms with E-state index in [0.717, 1.165) is 19.3 Å². The highest BCUT2D eigenvalue weighted by molar-refractivity contribution is 7.92. The molecule has 2 atom stereocenters. The molecule has 1 amide bonds. The van der Waals surface area contributed by atoms with Crippen LogP contribution in [0.25, 0.3) is 0 Å². The van der Waals surface area contributed by atoms with Crippen molar-refractivity contribution in [1.29, 1.82) is 0 Å². The first kappa shape index (κ1) is 12.4. The molecule has 1 saturated heterocycles. The van der Waals surface area contributed by atoms with E-state index in [-0.39, 0.29) is 11.9 Å². The number of hydrogen-bond acceptors (Lipinski definition) is 4. The number of nitrogens with zero attached hydrogens (tertiary/aromatic N) is 1. The molecular weight excluding hydrogens is 216 g/mol. The molecule has 0 aliphatic carbocycles. The van der Waals surface area contributed by atoms with Gasteiger partial charge in [-0.25, -0.2) is 8.42 Å². The molecule has 0 radical (unpaired) electrons. The molecule has 0 aromatic rings. The first-order valence-corrected chi connectivity index (χ1v) is 6.99. The van der Waals surface area contributed by atoms with Crippen molar-refractivity contribution in [2.24, 2.45) is 0 Å². The van der Waals surface area contributed by atoms with Gasteiger partial charge in [0.2, 0.25) is 5.91 Å². The third-order valence-corrected chi connectivity index (χ3v) is 4.26. The smallest absolute Gasteiger partial charge is 0.240 e. The zero-order chi connectivity index (χ0) is 11.6. The standard InChI is InChI=1S/C9H18N2O3S/c1-7-6-10-4-5-11(7)9(12)8(2)15(3,13)14/h7-8,10H,4-6H2,1-3H3. The third kappa shape index (κ3) is 2.92. The van der Waals surface area contributed by atoms with Crippen LogP contribution >= 0.6 is 0 Å². The molecule has 1 aliphatic rings. The van der Waals surface area contributed by atoms with E-state index in [4.69, 9.17) is 0 Å². The number of hydrogen-bond donors (Lipinski definition) is 1. The molecule has 1 fully saturated rings. The van der Waals surface area contributed by atoms with E-state index in [0.29, 0.717) is 6.54 Å². The number of amides is 1. The number of nitrogens with one attached hydrogen (secondary N) is 1. The maximum atomic E-state index is 11.9. The average Bonchev–Trinajstić information content (AvgIpc) is 2.15. The lowest BCUT2D eigenvalue weighted by atomic mass is 10.2. The summed E-state index contributed by atoms with van der Waals surface area (Å²) in [4.78, 5) is 13.5. The van der Waals surface area contributed by atoms with Gasteiger partial charge in [-0.2, -0.15) is 0 Å². The van der Waals surface area contributed by atoms with Gasteiger partial charge in [0.05, 0.1) is 0 Å². The van der Waals surface area contributed by atoms with Crippen molar-refractivity contribution in [3.05, 3.63) is 0 Å². The first-order valence-electron chi connectivity index (χ1n) is 5.04. The summed E-state index contributed by atoms with van der Waals surface area (Å²) in [6.45, 7) is 5.40. The van der Waals surface area contributed by atoms with Crippen molar-refractivity contribution in [2.75, 3.05) is 25.9 Å². The molecule has 0 saturated carbocycles. The summed E-state index contributed by atoms with van der Waals surface area (Å²) in [5.41, 5.74) is 0. The largest absolute Gasteiger partial charge is 0.336 e. The topological polar surface area (TPSA) is 66.5 Å². The van der Waals surface area contributed by atoms with Gasteiger partial charge in [0, 0.05) is 31.9 Å². The van der Waals surface area contributed by atoms with Crippen LogP contribution < -0.4 is 5.32 Å². The van der Waals surface area contributed by atoms with Crippen LogP contribution in [0.4, 0.5) is 0 Å². The number of piperazine rings is 1. The molecule has 0 aromatic heterocycles. The molecule has 0 spiro atoms. The third-order valence-electron chi connectivity index (χ3n) is 2.77. The Morgan fingerprint density at radius 3 is 2.60 bits per heavy atom. The molecule has 2 unspecified atom stereocenters. The van der Waals surface area contributed by atoms with E-state index < -0.39 is 15.1 Å². The Labute approximate surface area is 90.7 Å². The summed E-state index contributed by atoms with van der Waals surface area (Å²) >= 11 is 0. The maximum Gasteiger partial charge on any atom is 0.240 e. The van der Waals surface area contributed by atoms with Gasteiger partial charge in [-0.05, 0) is 13.8 Å². The Morgan fingerprint density at radius 1 is 1.53 bits per heavy atom. The molecule has 0 bridgehead atoms. The van der Waals surface area contributed by atoms with Gasteiger partial charge in [-0.3, -0.25) is 4.79 Å². The number of rotatable bonds is 2. The lowest BCUT2D eigenvalue weighted by molar-refractivity contribution is -0.133. The van der Waals surface area contributed by atoms with Gasteiger partial charge < -0.3 is 10.2 Å². The van der Waals surface area contributed by atoms with Crippen molar-refractivity contribution >= 4 is 15.7 Å². The second-order valence-electron chi connectivity index (χ2n) is 4.06. The molecule has 1 N–H and O–H groups in total. The minimum atomic E-state index is -3.29. The molecule has 1 rings (SSSR count). The van der Waals surface area contributed by atoms with Crippen molar-refractivity contribution in [3.63, 3.8) is 0 Å². The Hall–Kier alpha value is -0.620. The summed E-state index contributed by atoms with van der Waals surface area (Å²) < 4.78 is 22.5. The van der Waals surface area contributed by atoms with Gasteiger partial charge in [0.25, 0.3) is 0 Å². The number of carbonyl (C=O) groups excluding carboxylic acids is 1. The number of sulfone groups is 1. The minimum absolute atomic E-state index is 0.0652. The summed E-state index contributed by atoms with van der Waals surface area (Å²) in [6.07, 6.45) is 1.10. The predicted octanol–water partition coefficient (Wildman–Crippen LogP) is -0.760. The fourth-order valence-corrected chi connectivity index (χ4v) is 2.09. The van der Waals surface area contributed by atoms with Crippen LogP contribution in [0, 0.1) is 0 Å². The molecule has 15 heavy (non-hydrogen) atoms. The fraction of sp³-hybridized carbons (Fsp3) is 0.889. The summed E-state index contributed by atoms with van der Waals surface area (Å²) in [7, 11) is -3.29. The van der Waals surface area contributed by atoms with Crippen LogP contribution in [0.5, 0.6) is 0 Å². The zero-order valence-corrected chi connectivity index (χ0v) is 10.2. The van der Waals surface area contributed by atoms with Crippen LogP contribution in [0.2, 0.25) is 0 Å². The first-order chi connectivity index (χ1) is 6.84. The quantitative estimate of drug-likeness (QED) is 0.682. The van der Waals surface area contributed by atoms with E-state index in [9.17, 15) is 13.2 Å². The second-order valence-corrected chi connectivity index (χ2v) is 6.42. The molecule has 1 aliphatic heterocycles. The van der Waals surface area contributed by atoms with Gasteiger partial charge in [-0.1, -0.05) is 0 Å². The lowest BCUT2D eigenvalue weighted by Gasteiger charge is -2.35. The van der Waals surface area contributed by atoms with Gasteiger partial charge in [0.15, 0.2) is 9.84 Å². The van der Waals surface area contributed by atoms with Gasteiger partial charge in [0.1, 0.15) is 5.25 Å². The zero-order valence-electron chi connectivity index (χ0n) is 9.36. The minimum Gasteiger partial charge on any atom is -0.336 e. The van der Waals surface area contributed by atoms with Crippen molar-refractivity contribution in [3.8, 4) is 0 Å². The molecule has 1 heterocycles. The van der Waals surface area contributed by atoms with E-state index in [1.807, 2.05) is 6.92 Å². The predicted molar refractivity (Wildman–Crippen MR) is 58.4 cm³/mol.